The Kier molecular flexibility index (Phi) is 4.92. The van der Waals surface area contributed by atoms with Crippen LogP contribution in [0, 0.1) is 5.92 Å². The van der Waals surface area contributed by atoms with Crippen LogP contribution in [-0.4, -0.2) is 31.0 Å². The third-order valence-corrected chi connectivity index (χ3v) is 3.12. The van der Waals surface area contributed by atoms with Crippen LogP contribution in [0.25, 0.3) is 0 Å². The van der Waals surface area contributed by atoms with Gasteiger partial charge in [-0.05, 0) is 36.8 Å². The fraction of sp³-hybridized carbons (Fsp3) is 1.00. The summed E-state index contributed by atoms with van der Waals surface area (Å²) < 4.78 is 23.4. The van der Waals surface area contributed by atoms with Crippen LogP contribution in [-0.2, 0) is 0 Å². The predicted molar refractivity (Wildman–Crippen MR) is 48.9 cm³/mol. The fourth-order valence-corrected chi connectivity index (χ4v) is 2.55. The van der Waals surface area contributed by atoms with E-state index in [2.05, 4.69) is 5.32 Å². The zero-order valence-electron chi connectivity index (χ0n) is 7.06. The van der Waals surface area contributed by atoms with E-state index in [0.717, 1.165) is 6.54 Å². The van der Waals surface area contributed by atoms with E-state index in [4.69, 9.17) is 0 Å². The molecule has 0 aliphatic carbocycles. The van der Waals surface area contributed by atoms with E-state index in [9.17, 15) is 8.78 Å². The molecule has 0 saturated carbocycles. The topological polar surface area (TPSA) is 12.0 Å². The Bertz CT molecular complexity index is 116. The van der Waals surface area contributed by atoms with Crippen molar-refractivity contribution >= 4 is 11.8 Å². The minimum Gasteiger partial charge on any atom is -0.311 e. The molecule has 72 valence electrons. The molecule has 0 radical (unpaired) electrons. The van der Waals surface area contributed by atoms with Gasteiger partial charge in [-0.15, -0.1) is 0 Å². The minimum absolute atomic E-state index is 0.149. The summed E-state index contributed by atoms with van der Waals surface area (Å²) in [6.07, 6.45) is 0.157. The summed E-state index contributed by atoms with van der Waals surface area (Å²) in [7, 11) is 0. The highest BCUT2D eigenvalue weighted by atomic mass is 32.2. The van der Waals surface area contributed by atoms with Crippen molar-refractivity contribution in [3.8, 4) is 0 Å². The smallest absolute Gasteiger partial charge is 0.250 e. The molecular weight excluding hydrogens is 180 g/mol. The first-order valence-electron chi connectivity index (χ1n) is 4.35. The zero-order valence-corrected chi connectivity index (χ0v) is 7.88. The summed E-state index contributed by atoms with van der Waals surface area (Å²) in [5.41, 5.74) is 0. The Hall–Kier alpha value is 0.170. The third kappa shape index (κ3) is 4.26. The van der Waals surface area contributed by atoms with E-state index < -0.39 is 6.43 Å². The average Bonchev–Trinajstić information content (AvgIpc) is 2.05. The van der Waals surface area contributed by atoms with Gasteiger partial charge in [0.25, 0.3) is 6.43 Å². The molecule has 1 rings (SSSR count). The van der Waals surface area contributed by atoms with Gasteiger partial charge in [-0.3, -0.25) is 0 Å². The van der Waals surface area contributed by atoms with Crippen molar-refractivity contribution in [2.45, 2.75) is 19.3 Å². The van der Waals surface area contributed by atoms with Gasteiger partial charge >= 0.3 is 0 Å². The maximum Gasteiger partial charge on any atom is 0.250 e. The molecule has 1 aliphatic heterocycles. The van der Waals surface area contributed by atoms with Crippen molar-refractivity contribution < 1.29 is 8.78 Å². The number of hydrogen-bond donors (Lipinski definition) is 1. The number of thioether (sulfide) groups is 1. The zero-order chi connectivity index (χ0) is 8.81. The van der Waals surface area contributed by atoms with Crippen LogP contribution in [0.4, 0.5) is 8.78 Å². The van der Waals surface area contributed by atoms with Crippen molar-refractivity contribution in [1.29, 1.82) is 0 Å². The lowest BCUT2D eigenvalue weighted by Crippen LogP contribution is -2.29. The monoisotopic (exact) mass is 195 g/mol. The van der Waals surface area contributed by atoms with Gasteiger partial charge in [0, 0.05) is 0 Å². The Morgan fingerprint density at radius 2 is 2.00 bits per heavy atom. The van der Waals surface area contributed by atoms with E-state index in [1.54, 1.807) is 0 Å². The molecule has 0 bridgehead atoms. The summed E-state index contributed by atoms with van der Waals surface area (Å²) in [5, 5.41) is 2.80. The van der Waals surface area contributed by atoms with E-state index in [1.165, 1.54) is 24.3 Å². The van der Waals surface area contributed by atoms with E-state index in [-0.39, 0.29) is 6.54 Å². The normalized spacial score (nSPS) is 20.2. The summed E-state index contributed by atoms with van der Waals surface area (Å²) in [5.74, 6) is 3.02. The number of alkyl halides is 2. The Morgan fingerprint density at radius 1 is 1.33 bits per heavy atom. The van der Waals surface area contributed by atoms with Crippen LogP contribution in [0.15, 0.2) is 0 Å². The molecule has 0 unspecified atom stereocenters. The van der Waals surface area contributed by atoms with Crippen LogP contribution in [0.2, 0.25) is 0 Å². The highest BCUT2D eigenvalue weighted by Crippen LogP contribution is 2.21. The number of rotatable bonds is 4. The van der Waals surface area contributed by atoms with Gasteiger partial charge in [-0.1, -0.05) is 0 Å². The van der Waals surface area contributed by atoms with E-state index in [0.29, 0.717) is 5.92 Å². The Labute approximate surface area is 76.3 Å². The lowest BCUT2D eigenvalue weighted by molar-refractivity contribution is 0.144. The number of nitrogens with one attached hydrogen (secondary N) is 1. The van der Waals surface area contributed by atoms with Crippen molar-refractivity contribution in [3.05, 3.63) is 0 Å². The summed E-state index contributed by atoms with van der Waals surface area (Å²) >= 11 is 1.96. The maximum atomic E-state index is 11.7. The van der Waals surface area contributed by atoms with Crippen molar-refractivity contribution in [1.82, 2.24) is 5.32 Å². The molecule has 1 saturated heterocycles. The second-order valence-electron chi connectivity index (χ2n) is 3.11. The summed E-state index contributed by atoms with van der Waals surface area (Å²) in [6, 6.07) is 0. The molecule has 12 heavy (non-hydrogen) atoms. The third-order valence-electron chi connectivity index (χ3n) is 2.07. The second-order valence-corrected chi connectivity index (χ2v) is 4.33. The van der Waals surface area contributed by atoms with Crippen LogP contribution >= 0.6 is 11.8 Å². The highest BCUT2D eigenvalue weighted by Gasteiger charge is 2.13. The largest absolute Gasteiger partial charge is 0.311 e. The Balaban J connectivity index is 1.98. The van der Waals surface area contributed by atoms with E-state index >= 15 is 0 Å². The second kappa shape index (κ2) is 5.75. The molecule has 1 aliphatic rings. The van der Waals surface area contributed by atoms with Crippen molar-refractivity contribution in [2.75, 3.05) is 24.6 Å². The minimum atomic E-state index is -2.21. The Morgan fingerprint density at radius 3 is 2.58 bits per heavy atom. The molecule has 0 aromatic heterocycles. The highest BCUT2D eigenvalue weighted by molar-refractivity contribution is 7.99. The van der Waals surface area contributed by atoms with Gasteiger partial charge < -0.3 is 5.32 Å². The first-order valence-corrected chi connectivity index (χ1v) is 5.51. The van der Waals surface area contributed by atoms with Crippen molar-refractivity contribution in [2.24, 2.45) is 5.92 Å². The van der Waals surface area contributed by atoms with Gasteiger partial charge in [0.2, 0.25) is 0 Å². The van der Waals surface area contributed by atoms with Crippen molar-refractivity contribution in [3.63, 3.8) is 0 Å². The SMILES string of the molecule is FC(F)CNCC1CCSCC1. The average molecular weight is 195 g/mol. The lowest BCUT2D eigenvalue weighted by Gasteiger charge is -2.21. The predicted octanol–water partition coefficient (Wildman–Crippen LogP) is 1.98. The first kappa shape index (κ1) is 10.3. The van der Waals surface area contributed by atoms with Gasteiger partial charge in [-0.2, -0.15) is 11.8 Å². The molecule has 0 spiro atoms. The molecule has 1 fully saturated rings. The quantitative estimate of drug-likeness (QED) is 0.736. The molecule has 0 atom stereocenters. The van der Waals surface area contributed by atoms with Crippen LogP contribution < -0.4 is 5.32 Å². The number of hydrogen-bond acceptors (Lipinski definition) is 2. The van der Waals surface area contributed by atoms with Gasteiger partial charge in [0.05, 0.1) is 6.54 Å². The molecule has 0 amide bonds. The number of halogens is 2. The molecule has 1 N–H and O–H groups in total. The molecule has 4 heteroatoms. The lowest BCUT2D eigenvalue weighted by atomic mass is 10.0. The molecule has 0 aromatic carbocycles. The van der Waals surface area contributed by atoms with E-state index in [1.807, 2.05) is 11.8 Å². The molecule has 1 heterocycles. The van der Waals surface area contributed by atoms with Gasteiger partial charge in [0.1, 0.15) is 0 Å². The molecule has 0 aromatic rings. The fourth-order valence-electron chi connectivity index (χ4n) is 1.35. The van der Waals surface area contributed by atoms with Crippen LogP contribution in [0.3, 0.4) is 0 Å². The standard InChI is InChI=1S/C8H15F2NS/c9-8(10)6-11-5-7-1-3-12-4-2-7/h7-8,11H,1-6H2. The molecular formula is C8H15F2NS. The van der Waals surface area contributed by atoms with Crippen LogP contribution in [0.1, 0.15) is 12.8 Å². The summed E-state index contributed by atoms with van der Waals surface area (Å²) in [4.78, 5) is 0. The maximum absolute atomic E-state index is 11.7. The first-order chi connectivity index (χ1) is 5.79. The molecule has 1 nitrogen and oxygen atoms in total. The van der Waals surface area contributed by atoms with Gasteiger partial charge in [0.15, 0.2) is 0 Å². The van der Waals surface area contributed by atoms with Gasteiger partial charge in [-0.25, -0.2) is 8.78 Å². The summed E-state index contributed by atoms with van der Waals surface area (Å²) in [6.45, 7) is 0.620. The van der Waals surface area contributed by atoms with Crippen LogP contribution in [0.5, 0.6) is 0 Å².